The highest BCUT2D eigenvalue weighted by atomic mass is 19.1. The Morgan fingerprint density at radius 3 is 2.41 bits per heavy atom. The van der Waals surface area contributed by atoms with Crippen LogP contribution in [0.15, 0.2) is 12.1 Å². The number of ether oxygens (including phenoxy) is 2. The van der Waals surface area contributed by atoms with E-state index in [0.717, 1.165) is 6.07 Å². The Kier molecular flexibility index (Phi) is 4.28. The summed E-state index contributed by atoms with van der Waals surface area (Å²) in [5, 5.41) is 2.47. The third-order valence-electron chi connectivity index (χ3n) is 2.15. The number of anilines is 1. The molecule has 0 aliphatic carbocycles. The molecule has 17 heavy (non-hydrogen) atoms. The van der Waals surface area contributed by atoms with Crippen molar-refractivity contribution in [2.24, 2.45) is 5.73 Å². The first-order chi connectivity index (χ1) is 7.99. The van der Waals surface area contributed by atoms with Crippen molar-refractivity contribution in [1.29, 1.82) is 0 Å². The predicted octanol–water partition coefficient (Wildman–Crippen LogP) is 1.13. The molecule has 1 aromatic rings. The highest BCUT2D eigenvalue weighted by Crippen LogP contribution is 2.31. The molecular formula is C11H15FN2O3. The van der Waals surface area contributed by atoms with Crippen LogP contribution < -0.4 is 20.5 Å². The fraction of sp³-hybridized carbons (Fsp3) is 0.364. The summed E-state index contributed by atoms with van der Waals surface area (Å²) in [4.78, 5) is 11.4. The summed E-state index contributed by atoms with van der Waals surface area (Å²) in [6, 6.07) is 1.79. The minimum atomic E-state index is -0.690. The fourth-order valence-corrected chi connectivity index (χ4v) is 1.20. The van der Waals surface area contributed by atoms with Crippen molar-refractivity contribution in [3.05, 3.63) is 17.9 Å². The molecule has 0 unspecified atom stereocenters. The Morgan fingerprint density at radius 2 is 1.94 bits per heavy atom. The van der Waals surface area contributed by atoms with E-state index < -0.39 is 17.8 Å². The van der Waals surface area contributed by atoms with Crippen LogP contribution in [0, 0.1) is 5.82 Å². The SMILES string of the molecule is COc1cc(OC)c(NC(=O)[C@H](C)N)cc1F. The first-order valence-electron chi connectivity index (χ1n) is 4.97. The van der Waals surface area contributed by atoms with E-state index in [0.29, 0.717) is 5.75 Å². The van der Waals surface area contributed by atoms with Gasteiger partial charge in [-0.3, -0.25) is 4.79 Å². The summed E-state index contributed by atoms with van der Waals surface area (Å²) in [5.74, 6) is -0.668. The molecule has 0 saturated heterocycles. The van der Waals surface area contributed by atoms with Gasteiger partial charge in [-0.25, -0.2) is 4.39 Å². The van der Waals surface area contributed by atoms with Crippen molar-refractivity contribution in [3.8, 4) is 11.5 Å². The minimum Gasteiger partial charge on any atom is -0.494 e. The number of carbonyl (C=O) groups excluding carboxylic acids is 1. The Hall–Kier alpha value is -1.82. The molecule has 1 amide bonds. The summed E-state index contributed by atoms with van der Waals surface area (Å²) < 4.78 is 23.3. The normalized spacial score (nSPS) is 11.8. The van der Waals surface area contributed by atoms with Crippen LogP contribution in [0.2, 0.25) is 0 Å². The van der Waals surface area contributed by atoms with Crippen molar-refractivity contribution in [1.82, 2.24) is 0 Å². The molecule has 0 aromatic heterocycles. The quantitative estimate of drug-likeness (QED) is 0.830. The average Bonchev–Trinajstić information content (AvgIpc) is 2.29. The Labute approximate surface area is 98.7 Å². The molecule has 0 aliphatic heterocycles. The maximum absolute atomic E-state index is 13.5. The molecule has 1 atom stereocenters. The maximum atomic E-state index is 13.5. The molecule has 3 N–H and O–H groups in total. The number of rotatable bonds is 4. The minimum absolute atomic E-state index is 0.0423. The van der Waals surface area contributed by atoms with Gasteiger partial charge in [-0.1, -0.05) is 0 Å². The number of halogens is 1. The van der Waals surface area contributed by atoms with Crippen LogP contribution in [0.3, 0.4) is 0 Å². The van der Waals surface area contributed by atoms with Crippen LogP contribution in [-0.2, 0) is 4.79 Å². The maximum Gasteiger partial charge on any atom is 0.241 e. The summed E-state index contributed by atoms with van der Waals surface area (Å²) in [5.41, 5.74) is 5.61. The van der Waals surface area contributed by atoms with Gasteiger partial charge in [-0.15, -0.1) is 0 Å². The zero-order valence-corrected chi connectivity index (χ0v) is 9.91. The van der Waals surface area contributed by atoms with Crippen molar-refractivity contribution in [3.63, 3.8) is 0 Å². The van der Waals surface area contributed by atoms with Gasteiger partial charge < -0.3 is 20.5 Å². The van der Waals surface area contributed by atoms with Crippen molar-refractivity contribution < 1.29 is 18.7 Å². The predicted molar refractivity (Wildman–Crippen MR) is 61.8 cm³/mol. The average molecular weight is 242 g/mol. The standard InChI is InChI=1S/C11H15FN2O3/c1-6(13)11(15)14-8-4-7(12)9(16-2)5-10(8)17-3/h4-6H,13H2,1-3H3,(H,14,15)/t6-/m0/s1. The molecule has 1 rings (SSSR count). The molecule has 0 bridgehead atoms. The van der Waals surface area contributed by atoms with E-state index >= 15 is 0 Å². The number of benzene rings is 1. The van der Waals surface area contributed by atoms with Crippen molar-refractivity contribution >= 4 is 11.6 Å². The lowest BCUT2D eigenvalue weighted by Gasteiger charge is -2.13. The van der Waals surface area contributed by atoms with E-state index in [1.165, 1.54) is 27.2 Å². The third kappa shape index (κ3) is 3.07. The number of methoxy groups -OCH3 is 2. The first kappa shape index (κ1) is 13.2. The molecule has 0 fully saturated rings. The summed E-state index contributed by atoms with van der Waals surface area (Å²) in [7, 11) is 2.76. The Bertz CT molecular complexity index is 421. The number of nitrogens with two attached hydrogens (primary N) is 1. The molecule has 0 aliphatic rings. The van der Waals surface area contributed by atoms with Crippen molar-refractivity contribution in [2.45, 2.75) is 13.0 Å². The number of amides is 1. The lowest BCUT2D eigenvalue weighted by Crippen LogP contribution is -2.32. The molecule has 0 saturated carbocycles. The number of hydrogen-bond acceptors (Lipinski definition) is 4. The zero-order valence-electron chi connectivity index (χ0n) is 9.91. The number of hydrogen-bond donors (Lipinski definition) is 2. The van der Waals surface area contributed by atoms with Crippen LogP contribution in [0.4, 0.5) is 10.1 Å². The van der Waals surface area contributed by atoms with Gasteiger partial charge in [0.05, 0.1) is 25.9 Å². The van der Waals surface area contributed by atoms with Gasteiger partial charge in [0, 0.05) is 12.1 Å². The van der Waals surface area contributed by atoms with Gasteiger partial charge in [0.1, 0.15) is 5.75 Å². The third-order valence-corrected chi connectivity index (χ3v) is 2.15. The van der Waals surface area contributed by atoms with E-state index in [4.69, 9.17) is 15.2 Å². The van der Waals surface area contributed by atoms with Gasteiger partial charge in [0.2, 0.25) is 5.91 Å². The smallest absolute Gasteiger partial charge is 0.241 e. The monoisotopic (exact) mass is 242 g/mol. The van der Waals surface area contributed by atoms with E-state index in [1.807, 2.05) is 0 Å². The summed E-state index contributed by atoms with van der Waals surface area (Å²) in [6.45, 7) is 1.53. The molecule has 0 radical (unpaired) electrons. The molecule has 94 valence electrons. The molecule has 0 spiro atoms. The summed E-state index contributed by atoms with van der Waals surface area (Å²) >= 11 is 0. The highest BCUT2D eigenvalue weighted by molar-refractivity contribution is 5.95. The van der Waals surface area contributed by atoms with Crippen LogP contribution in [0.25, 0.3) is 0 Å². The van der Waals surface area contributed by atoms with E-state index in [9.17, 15) is 9.18 Å². The number of carbonyl (C=O) groups is 1. The molecular weight excluding hydrogens is 227 g/mol. The lowest BCUT2D eigenvalue weighted by molar-refractivity contribution is -0.117. The highest BCUT2D eigenvalue weighted by Gasteiger charge is 2.15. The van der Waals surface area contributed by atoms with Gasteiger partial charge in [0.25, 0.3) is 0 Å². The fourth-order valence-electron chi connectivity index (χ4n) is 1.20. The van der Waals surface area contributed by atoms with Crippen molar-refractivity contribution in [2.75, 3.05) is 19.5 Å². The lowest BCUT2D eigenvalue weighted by atomic mass is 10.2. The van der Waals surface area contributed by atoms with E-state index in [2.05, 4.69) is 5.32 Å². The largest absolute Gasteiger partial charge is 0.494 e. The van der Waals surface area contributed by atoms with Gasteiger partial charge >= 0.3 is 0 Å². The molecule has 5 nitrogen and oxygen atoms in total. The second kappa shape index (κ2) is 5.49. The summed E-state index contributed by atoms with van der Waals surface area (Å²) in [6.07, 6.45) is 0. The van der Waals surface area contributed by atoms with Crippen LogP contribution in [0.5, 0.6) is 11.5 Å². The van der Waals surface area contributed by atoms with E-state index in [-0.39, 0.29) is 11.4 Å². The van der Waals surface area contributed by atoms with E-state index in [1.54, 1.807) is 0 Å². The number of nitrogens with one attached hydrogen (secondary N) is 1. The topological polar surface area (TPSA) is 73.6 Å². The molecule has 6 heteroatoms. The second-order valence-corrected chi connectivity index (χ2v) is 3.46. The first-order valence-corrected chi connectivity index (χ1v) is 4.97. The van der Waals surface area contributed by atoms with Gasteiger partial charge in [-0.05, 0) is 6.92 Å². The van der Waals surface area contributed by atoms with Crippen LogP contribution in [0.1, 0.15) is 6.92 Å². The van der Waals surface area contributed by atoms with Gasteiger partial charge in [-0.2, -0.15) is 0 Å². The van der Waals surface area contributed by atoms with Gasteiger partial charge in [0.15, 0.2) is 11.6 Å². The Balaban J connectivity index is 3.06. The zero-order chi connectivity index (χ0) is 13.0. The molecule has 1 aromatic carbocycles. The second-order valence-electron chi connectivity index (χ2n) is 3.46. The Morgan fingerprint density at radius 1 is 1.35 bits per heavy atom. The molecule has 0 heterocycles. The van der Waals surface area contributed by atoms with Crippen LogP contribution >= 0.6 is 0 Å². The van der Waals surface area contributed by atoms with Crippen LogP contribution in [-0.4, -0.2) is 26.2 Å².